The average molecular weight is 559 g/mol. The molecular formula is C30H42N2O6S. The van der Waals surface area contributed by atoms with Gasteiger partial charge in [0.15, 0.2) is 9.84 Å². The van der Waals surface area contributed by atoms with Crippen molar-refractivity contribution in [1.82, 2.24) is 5.32 Å². The molecule has 8 nitrogen and oxygen atoms in total. The molecule has 9 heteroatoms. The number of fused-ring (bicyclic) bond motifs is 1. The summed E-state index contributed by atoms with van der Waals surface area (Å²) in [5.41, 5.74) is 2.73. The minimum Gasteiger partial charge on any atom is -0.481 e. The van der Waals surface area contributed by atoms with E-state index in [0.29, 0.717) is 17.8 Å². The highest BCUT2D eigenvalue weighted by Crippen LogP contribution is 2.45. The summed E-state index contributed by atoms with van der Waals surface area (Å²) >= 11 is 0. The normalized spacial score (nSPS) is 16.7. The van der Waals surface area contributed by atoms with Crippen LogP contribution in [0, 0.1) is 12.3 Å². The Morgan fingerprint density at radius 3 is 2.26 bits per heavy atom. The van der Waals surface area contributed by atoms with Gasteiger partial charge in [-0.3, -0.25) is 9.59 Å². The first kappa shape index (κ1) is 30.6. The van der Waals surface area contributed by atoms with Crippen LogP contribution in [-0.2, 0) is 26.0 Å². The highest BCUT2D eigenvalue weighted by atomic mass is 32.2. The van der Waals surface area contributed by atoms with Gasteiger partial charge in [0.25, 0.3) is 0 Å². The molecule has 0 saturated heterocycles. The summed E-state index contributed by atoms with van der Waals surface area (Å²) in [7, 11) is -3.67. The number of sulfone groups is 1. The largest absolute Gasteiger partial charge is 0.481 e. The smallest absolute Gasteiger partial charge is 0.320 e. The van der Waals surface area contributed by atoms with Crippen molar-refractivity contribution >= 4 is 33.2 Å². The van der Waals surface area contributed by atoms with Crippen molar-refractivity contribution < 1.29 is 28.2 Å². The first-order valence-corrected chi connectivity index (χ1v) is 15.5. The number of anilines is 2. The minimum atomic E-state index is -3.67. The molecule has 1 aliphatic rings. The Morgan fingerprint density at radius 1 is 1.05 bits per heavy atom. The van der Waals surface area contributed by atoms with Gasteiger partial charge in [-0.2, -0.15) is 0 Å². The van der Waals surface area contributed by atoms with E-state index in [4.69, 9.17) is 5.11 Å². The number of carboxylic acids is 2. The number of unbranched alkanes of at least 4 members (excludes halogenated alkanes) is 2. The average Bonchev–Trinajstić information content (AvgIpc) is 2.98. The zero-order valence-electron chi connectivity index (χ0n) is 23.3. The van der Waals surface area contributed by atoms with Gasteiger partial charge in [0.2, 0.25) is 0 Å². The number of carboxylic acid groups (broad SMARTS) is 2. The van der Waals surface area contributed by atoms with Crippen molar-refractivity contribution in [2.24, 2.45) is 5.41 Å². The third-order valence-electron chi connectivity index (χ3n) is 7.71. The van der Waals surface area contributed by atoms with Crippen LogP contribution in [0.4, 0.5) is 11.4 Å². The van der Waals surface area contributed by atoms with Gasteiger partial charge in [-0.25, -0.2) is 8.42 Å². The van der Waals surface area contributed by atoms with E-state index >= 15 is 0 Å². The molecular weight excluding hydrogens is 516 g/mol. The number of aryl methyl sites for hydroxylation is 1. The monoisotopic (exact) mass is 558 g/mol. The summed E-state index contributed by atoms with van der Waals surface area (Å²) in [6, 6.07) is 12.4. The number of nitrogens with zero attached hydrogens (tertiary/aromatic N) is 1. The van der Waals surface area contributed by atoms with Gasteiger partial charge in [0.05, 0.1) is 16.3 Å². The van der Waals surface area contributed by atoms with E-state index in [1.807, 2.05) is 43.3 Å². The molecule has 2 aromatic rings. The summed E-state index contributed by atoms with van der Waals surface area (Å²) in [5.74, 6) is -2.13. The van der Waals surface area contributed by atoms with Crippen molar-refractivity contribution in [3.05, 3.63) is 53.6 Å². The standard InChI is InChI=1S/C30H42N2O6S/c1-4-6-15-30(16-7-5-2)20-32(24-11-9-8-10-12-24)26-17-22(3)23(18-27(26)39(37,38)21-30)19-31-25(29(35)36)13-14-28(33)34/h8-12,17-18,25,31H,4-7,13-16,19-21H2,1-3H3,(H,33,34)(H,35,36)/t25-/m0/s1. The predicted molar refractivity (Wildman–Crippen MR) is 153 cm³/mol. The molecule has 1 heterocycles. The fourth-order valence-electron chi connectivity index (χ4n) is 5.50. The fraction of sp³-hybridized carbons (Fsp3) is 0.533. The van der Waals surface area contributed by atoms with Crippen LogP contribution in [0.1, 0.15) is 76.3 Å². The molecule has 0 bridgehead atoms. The lowest BCUT2D eigenvalue weighted by atomic mass is 9.79. The van der Waals surface area contributed by atoms with Gasteiger partial charge in [0.1, 0.15) is 6.04 Å². The summed E-state index contributed by atoms with van der Waals surface area (Å²) in [4.78, 5) is 25.1. The van der Waals surface area contributed by atoms with Gasteiger partial charge in [-0.1, -0.05) is 57.7 Å². The molecule has 0 amide bonds. The summed E-state index contributed by atoms with van der Waals surface area (Å²) in [6.07, 6.45) is 5.23. The molecule has 0 aliphatic carbocycles. The number of hydrogen-bond donors (Lipinski definition) is 3. The summed E-state index contributed by atoms with van der Waals surface area (Å²) in [6.45, 7) is 6.88. The van der Waals surface area contributed by atoms with Crippen LogP contribution >= 0.6 is 0 Å². The van der Waals surface area contributed by atoms with Crippen LogP contribution in [0.5, 0.6) is 0 Å². The lowest BCUT2D eigenvalue weighted by Crippen LogP contribution is -2.38. The van der Waals surface area contributed by atoms with Gasteiger partial charge >= 0.3 is 11.9 Å². The second-order valence-electron chi connectivity index (χ2n) is 10.8. The summed E-state index contributed by atoms with van der Waals surface area (Å²) in [5, 5.41) is 21.4. The molecule has 0 aromatic heterocycles. The molecule has 3 N–H and O–H groups in total. The molecule has 0 radical (unpaired) electrons. The lowest BCUT2D eigenvalue weighted by Gasteiger charge is -2.37. The number of nitrogens with one attached hydrogen (secondary N) is 1. The van der Waals surface area contributed by atoms with Gasteiger partial charge < -0.3 is 20.4 Å². The topological polar surface area (TPSA) is 124 Å². The minimum absolute atomic E-state index is 0.0634. The molecule has 1 aliphatic heterocycles. The number of hydrogen-bond acceptors (Lipinski definition) is 6. The number of benzene rings is 2. The Balaban J connectivity index is 2.08. The zero-order chi connectivity index (χ0) is 28.6. The van der Waals surface area contributed by atoms with Crippen LogP contribution in [0.2, 0.25) is 0 Å². The Hall–Kier alpha value is -2.91. The van der Waals surface area contributed by atoms with Gasteiger partial charge in [0, 0.05) is 30.6 Å². The second-order valence-corrected chi connectivity index (χ2v) is 12.8. The third kappa shape index (κ3) is 7.82. The van der Waals surface area contributed by atoms with Crippen LogP contribution < -0.4 is 10.2 Å². The fourth-order valence-corrected chi connectivity index (χ4v) is 7.65. The number of para-hydroxylation sites is 1. The number of carbonyl (C=O) groups is 2. The lowest BCUT2D eigenvalue weighted by molar-refractivity contribution is -0.140. The quantitative estimate of drug-likeness (QED) is 0.270. The predicted octanol–water partition coefficient (Wildman–Crippen LogP) is 5.69. The molecule has 2 aromatic carbocycles. The Morgan fingerprint density at radius 2 is 1.69 bits per heavy atom. The molecule has 214 valence electrons. The SMILES string of the molecule is CCCCC1(CCCC)CN(c2ccccc2)c2cc(C)c(CN[C@@H](CCC(=O)O)C(=O)O)cc2S(=O)(=O)C1. The van der Waals surface area contributed by atoms with Crippen LogP contribution in [0.15, 0.2) is 47.4 Å². The van der Waals surface area contributed by atoms with E-state index in [2.05, 4.69) is 24.1 Å². The van der Waals surface area contributed by atoms with Crippen molar-refractivity contribution in [2.75, 3.05) is 17.2 Å². The van der Waals surface area contributed by atoms with Crippen LogP contribution in [0.3, 0.4) is 0 Å². The van der Waals surface area contributed by atoms with E-state index in [1.54, 1.807) is 6.07 Å². The van der Waals surface area contributed by atoms with Crippen molar-refractivity contribution in [3.8, 4) is 0 Å². The molecule has 0 spiro atoms. The maximum absolute atomic E-state index is 14.1. The van der Waals surface area contributed by atoms with E-state index in [9.17, 15) is 23.1 Å². The molecule has 3 rings (SSSR count). The zero-order valence-corrected chi connectivity index (χ0v) is 24.1. The third-order valence-corrected chi connectivity index (χ3v) is 9.70. The van der Waals surface area contributed by atoms with Gasteiger partial charge in [-0.15, -0.1) is 0 Å². The highest BCUT2D eigenvalue weighted by Gasteiger charge is 2.42. The van der Waals surface area contributed by atoms with E-state index in [1.165, 1.54) is 0 Å². The van der Waals surface area contributed by atoms with E-state index < -0.39 is 33.2 Å². The van der Waals surface area contributed by atoms with Crippen molar-refractivity contribution in [1.29, 1.82) is 0 Å². The maximum atomic E-state index is 14.1. The van der Waals surface area contributed by atoms with Crippen molar-refractivity contribution in [2.45, 2.75) is 89.6 Å². The highest BCUT2D eigenvalue weighted by molar-refractivity contribution is 7.91. The number of rotatable bonds is 14. The molecule has 0 saturated carbocycles. The maximum Gasteiger partial charge on any atom is 0.320 e. The molecule has 39 heavy (non-hydrogen) atoms. The molecule has 0 unspecified atom stereocenters. The first-order valence-electron chi connectivity index (χ1n) is 13.9. The Bertz CT molecular complexity index is 1240. The Kier molecular flexibility index (Phi) is 10.6. The van der Waals surface area contributed by atoms with Gasteiger partial charge in [-0.05, 0) is 61.6 Å². The van der Waals surface area contributed by atoms with Crippen molar-refractivity contribution in [3.63, 3.8) is 0 Å². The van der Waals surface area contributed by atoms with Crippen LogP contribution in [-0.4, -0.2) is 48.9 Å². The second kappa shape index (κ2) is 13.4. The Labute approximate surface area is 232 Å². The molecule has 0 fully saturated rings. The van der Waals surface area contributed by atoms with E-state index in [0.717, 1.165) is 49.8 Å². The summed E-state index contributed by atoms with van der Waals surface area (Å²) < 4.78 is 28.2. The van der Waals surface area contributed by atoms with Crippen LogP contribution in [0.25, 0.3) is 0 Å². The first-order chi connectivity index (χ1) is 18.5. The molecule has 1 atom stereocenters. The number of aliphatic carboxylic acids is 2. The van der Waals surface area contributed by atoms with E-state index in [-0.39, 0.29) is 30.0 Å².